The highest BCUT2D eigenvalue weighted by molar-refractivity contribution is 5.62. The SMILES string of the molecule is N#Cc1cc(C(F)(F)F)ccc1C=CCC=O. The number of carbonyl (C=O) groups is 1. The number of nitriles is 1. The molecule has 17 heavy (non-hydrogen) atoms. The van der Waals surface area contributed by atoms with Crippen LogP contribution in [0, 0.1) is 11.3 Å². The van der Waals surface area contributed by atoms with Gasteiger partial charge in [-0.3, -0.25) is 0 Å². The van der Waals surface area contributed by atoms with Gasteiger partial charge in [0.15, 0.2) is 0 Å². The lowest BCUT2D eigenvalue weighted by molar-refractivity contribution is -0.137. The van der Waals surface area contributed by atoms with E-state index in [1.54, 1.807) is 6.07 Å². The quantitative estimate of drug-likeness (QED) is 0.760. The van der Waals surface area contributed by atoms with Crippen molar-refractivity contribution in [3.63, 3.8) is 0 Å². The average Bonchev–Trinajstić information content (AvgIpc) is 2.28. The number of rotatable bonds is 3. The molecule has 2 nitrogen and oxygen atoms in total. The van der Waals surface area contributed by atoms with Crippen LogP contribution in [0.3, 0.4) is 0 Å². The highest BCUT2D eigenvalue weighted by atomic mass is 19.4. The van der Waals surface area contributed by atoms with Gasteiger partial charge in [0, 0.05) is 6.42 Å². The van der Waals surface area contributed by atoms with Crippen LogP contribution in [-0.2, 0) is 11.0 Å². The molecule has 0 aliphatic rings. The molecule has 0 heterocycles. The predicted molar refractivity (Wildman–Crippen MR) is 55.9 cm³/mol. The third kappa shape index (κ3) is 3.45. The Morgan fingerprint density at radius 2 is 2.06 bits per heavy atom. The van der Waals surface area contributed by atoms with Crippen molar-refractivity contribution in [2.24, 2.45) is 0 Å². The van der Waals surface area contributed by atoms with Crippen LogP contribution in [0.15, 0.2) is 24.3 Å². The van der Waals surface area contributed by atoms with Gasteiger partial charge in [0.1, 0.15) is 6.29 Å². The van der Waals surface area contributed by atoms with E-state index in [4.69, 9.17) is 5.26 Å². The molecular weight excluding hydrogens is 231 g/mol. The molecule has 5 heteroatoms. The molecule has 0 radical (unpaired) electrons. The van der Waals surface area contributed by atoms with Gasteiger partial charge in [0.25, 0.3) is 0 Å². The van der Waals surface area contributed by atoms with Crippen molar-refractivity contribution in [1.29, 1.82) is 5.26 Å². The normalized spacial score (nSPS) is 11.4. The minimum Gasteiger partial charge on any atom is -0.303 e. The number of carbonyl (C=O) groups excluding carboxylic acids is 1. The molecule has 0 N–H and O–H groups in total. The number of benzene rings is 1. The molecule has 0 aromatic heterocycles. The maximum absolute atomic E-state index is 12.4. The first kappa shape index (κ1) is 13.0. The summed E-state index contributed by atoms with van der Waals surface area (Å²) in [5.74, 6) is 0. The maximum atomic E-state index is 12.4. The van der Waals surface area contributed by atoms with Crippen LogP contribution >= 0.6 is 0 Å². The Bertz CT molecular complexity index is 484. The molecular formula is C12H8F3NO. The number of halogens is 3. The summed E-state index contributed by atoms with van der Waals surface area (Å²) in [5, 5.41) is 8.74. The molecule has 0 bridgehead atoms. The summed E-state index contributed by atoms with van der Waals surface area (Å²) in [6.07, 6.45) is -0.710. The van der Waals surface area contributed by atoms with Crippen LogP contribution < -0.4 is 0 Å². The Hall–Kier alpha value is -2.09. The van der Waals surface area contributed by atoms with Crippen molar-refractivity contribution in [3.05, 3.63) is 41.0 Å². The number of alkyl halides is 3. The van der Waals surface area contributed by atoms with Crippen LogP contribution in [0.25, 0.3) is 6.08 Å². The summed E-state index contributed by atoms with van der Waals surface area (Å²) in [6, 6.07) is 4.60. The lowest BCUT2D eigenvalue weighted by atomic mass is 10.0. The van der Waals surface area contributed by atoms with Gasteiger partial charge >= 0.3 is 6.18 Å². The number of allylic oxidation sites excluding steroid dienone is 1. The molecule has 0 amide bonds. The van der Waals surface area contributed by atoms with E-state index in [0.29, 0.717) is 11.8 Å². The third-order valence-electron chi connectivity index (χ3n) is 2.03. The molecule has 0 fully saturated rings. The zero-order valence-corrected chi connectivity index (χ0v) is 8.66. The van der Waals surface area contributed by atoms with Crippen LogP contribution in [0.2, 0.25) is 0 Å². The van der Waals surface area contributed by atoms with Crippen molar-refractivity contribution >= 4 is 12.4 Å². The minimum absolute atomic E-state index is 0.0676. The first-order valence-electron chi connectivity index (χ1n) is 4.70. The second kappa shape index (κ2) is 5.30. The fraction of sp³-hybridized carbons (Fsp3) is 0.167. The van der Waals surface area contributed by atoms with Crippen LogP contribution in [0.1, 0.15) is 23.1 Å². The van der Waals surface area contributed by atoms with E-state index in [-0.39, 0.29) is 12.0 Å². The predicted octanol–water partition coefficient (Wildman–Crippen LogP) is 3.18. The first-order chi connectivity index (χ1) is 7.99. The van der Waals surface area contributed by atoms with E-state index in [2.05, 4.69) is 0 Å². The molecule has 0 saturated heterocycles. The second-order valence-electron chi connectivity index (χ2n) is 3.22. The molecule has 0 unspecified atom stereocenters. The summed E-state index contributed by atoms with van der Waals surface area (Å²) in [7, 11) is 0. The highest BCUT2D eigenvalue weighted by Gasteiger charge is 2.30. The largest absolute Gasteiger partial charge is 0.416 e. The van der Waals surface area contributed by atoms with E-state index in [0.717, 1.165) is 12.1 Å². The number of aldehydes is 1. The Labute approximate surface area is 96.0 Å². The lowest BCUT2D eigenvalue weighted by Crippen LogP contribution is -2.05. The summed E-state index contributed by atoms with van der Waals surface area (Å²) in [5.41, 5.74) is -0.564. The molecule has 0 saturated carbocycles. The zero-order chi connectivity index (χ0) is 12.9. The first-order valence-corrected chi connectivity index (χ1v) is 4.70. The van der Waals surface area contributed by atoms with E-state index in [1.165, 1.54) is 18.2 Å². The molecule has 0 aliphatic heterocycles. The van der Waals surface area contributed by atoms with E-state index in [1.807, 2.05) is 0 Å². The fourth-order valence-electron chi connectivity index (χ4n) is 1.23. The smallest absolute Gasteiger partial charge is 0.303 e. The second-order valence-corrected chi connectivity index (χ2v) is 3.22. The van der Waals surface area contributed by atoms with Crippen molar-refractivity contribution in [3.8, 4) is 6.07 Å². The zero-order valence-electron chi connectivity index (χ0n) is 8.66. The molecule has 1 rings (SSSR count). The van der Waals surface area contributed by atoms with Crippen LogP contribution in [0.5, 0.6) is 0 Å². The van der Waals surface area contributed by atoms with Gasteiger partial charge in [0.2, 0.25) is 0 Å². The van der Waals surface area contributed by atoms with E-state index < -0.39 is 11.7 Å². The maximum Gasteiger partial charge on any atom is 0.416 e. The molecule has 0 atom stereocenters. The van der Waals surface area contributed by atoms with E-state index in [9.17, 15) is 18.0 Å². The molecule has 88 valence electrons. The Balaban J connectivity index is 3.11. The minimum atomic E-state index is -4.46. The monoisotopic (exact) mass is 239 g/mol. The topological polar surface area (TPSA) is 40.9 Å². The van der Waals surface area contributed by atoms with Gasteiger partial charge in [-0.15, -0.1) is 0 Å². The Morgan fingerprint density at radius 3 is 2.59 bits per heavy atom. The van der Waals surface area contributed by atoms with Gasteiger partial charge in [-0.1, -0.05) is 18.2 Å². The summed E-state index contributed by atoms with van der Waals surface area (Å²) < 4.78 is 37.1. The van der Waals surface area contributed by atoms with Gasteiger partial charge in [-0.05, 0) is 17.7 Å². The summed E-state index contributed by atoms with van der Waals surface area (Å²) >= 11 is 0. The van der Waals surface area contributed by atoms with Crippen LogP contribution in [0.4, 0.5) is 13.2 Å². The van der Waals surface area contributed by atoms with Crippen molar-refractivity contribution < 1.29 is 18.0 Å². The number of hydrogen-bond acceptors (Lipinski definition) is 2. The summed E-state index contributed by atoms with van der Waals surface area (Å²) in [6.45, 7) is 0. The summed E-state index contributed by atoms with van der Waals surface area (Å²) in [4.78, 5) is 10.1. The fourth-order valence-corrected chi connectivity index (χ4v) is 1.23. The molecule has 1 aromatic rings. The number of nitrogens with zero attached hydrogens (tertiary/aromatic N) is 1. The highest BCUT2D eigenvalue weighted by Crippen LogP contribution is 2.30. The van der Waals surface area contributed by atoms with E-state index >= 15 is 0 Å². The standard InChI is InChI=1S/C12H8F3NO/c13-12(14,15)11-5-4-9(3-1-2-6-17)10(7-11)8-16/h1,3-7H,2H2. The van der Waals surface area contributed by atoms with Crippen molar-refractivity contribution in [2.45, 2.75) is 12.6 Å². The molecule has 1 aromatic carbocycles. The van der Waals surface area contributed by atoms with Crippen molar-refractivity contribution in [2.75, 3.05) is 0 Å². The van der Waals surface area contributed by atoms with Gasteiger partial charge in [-0.2, -0.15) is 18.4 Å². The lowest BCUT2D eigenvalue weighted by Gasteiger charge is -2.07. The molecule has 0 spiro atoms. The third-order valence-corrected chi connectivity index (χ3v) is 2.03. The Kier molecular flexibility index (Phi) is 4.05. The van der Waals surface area contributed by atoms with Crippen LogP contribution in [-0.4, -0.2) is 6.29 Å². The molecule has 0 aliphatic carbocycles. The Morgan fingerprint density at radius 1 is 1.35 bits per heavy atom. The number of hydrogen-bond donors (Lipinski definition) is 0. The van der Waals surface area contributed by atoms with Gasteiger partial charge in [-0.25, -0.2) is 0 Å². The average molecular weight is 239 g/mol. The van der Waals surface area contributed by atoms with Gasteiger partial charge in [0.05, 0.1) is 17.2 Å². The van der Waals surface area contributed by atoms with Gasteiger partial charge < -0.3 is 4.79 Å². The van der Waals surface area contributed by atoms with Crippen molar-refractivity contribution in [1.82, 2.24) is 0 Å².